The number of esters is 2. The monoisotopic (exact) mass is 441 g/mol. The van der Waals surface area contributed by atoms with Crippen molar-refractivity contribution in [2.24, 2.45) is 11.8 Å². The summed E-state index contributed by atoms with van der Waals surface area (Å²) >= 11 is 0. The molecule has 1 N–H and O–H groups in total. The van der Waals surface area contributed by atoms with E-state index in [2.05, 4.69) is 5.32 Å². The molecule has 0 bridgehead atoms. The van der Waals surface area contributed by atoms with Gasteiger partial charge in [-0.1, -0.05) is 32.0 Å². The first-order valence-electron chi connectivity index (χ1n) is 11.1. The number of rotatable bonds is 7. The van der Waals surface area contributed by atoms with Gasteiger partial charge in [-0.2, -0.15) is 0 Å². The lowest BCUT2D eigenvalue weighted by molar-refractivity contribution is -0.151. The van der Waals surface area contributed by atoms with Crippen LogP contribution in [0.1, 0.15) is 52.0 Å². The summed E-state index contributed by atoms with van der Waals surface area (Å²) in [4.78, 5) is 39.3. The zero-order valence-electron chi connectivity index (χ0n) is 19.3. The molecule has 32 heavy (non-hydrogen) atoms. The molecular formula is C25H31NO6. The van der Waals surface area contributed by atoms with Crippen molar-refractivity contribution in [1.29, 1.82) is 0 Å². The van der Waals surface area contributed by atoms with Crippen molar-refractivity contribution in [2.45, 2.75) is 46.5 Å². The molecule has 0 radical (unpaired) electrons. The van der Waals surface area contributed by atoms with Crippen LogP contribution in [0.4, 0.5) is 0 Å². The van der Waals surface area contributed by atoms with Crippen molar-refractivity contribution in [3.63, 3.8) is 0 Å². The molecule has 1 aromatic carbocycles. The summed E-state index contributed by atoms with van der Waals surface area (Å²) in [5.74, 6) is -2.65. The minimum atomic E-state index is -0.923. The zero-order chi connectivity index (χ0) is 23.4. The van der Waals surface area contributed by atoms with Gasteiger partial charge < -0.3 is 19.5 Å². The molecule has 1 aliphatic heterocycles. The highest BCUT2D eigenvalue weighted by Gasteiger charge is 2.47. The third-order valence-electron chi connectivity index (χ3n) is 5.93. The van der Waals surface area contributed by atoms with Crippen LogP contribution >= 0.6 is 0 Å². The van der Waals surface area contributed by atoms with Gasteiger partial charge in [-0.3, -0.25) is 9.59 Å². The number of dihydropyridines is 1. The smallest absolute Gasteiger partial charge is 0.336 e. The molecule has 1 aromatic rings. The van der Waals surface area contributed by atoms with Gasteiger partial charge in [0.15, 0.2) is 5.78 Å². The van der Waals surface area contributed by atoms with Gasteiger partial charge in [-0.25, -0.2) is 4.79 Å². The van der Waals surface area contributed by atoms with Gasteiger partial charge in [0.25, 0.3) is 0 Å². The van der Waals surface area contributed by atoms with E-state index in [0.717, 1.165) is 5.70 Å². The van der Waals surface area contributed by atoms with Gasteiger partial charge in [0.2, 0.25) is 0 Å². The van der Waals surface area contributed by atoms with Crippen molar-refractivity contribution in [2.75, 3.05) is 20.3 Å². The van der Waals surface area contributed by atoms with Crippen molar-refractivity contribution in [1.82, 2.24) is 5.32 Å². The summed E-state index contributed by atoms with van der Waals surface area (Å²) in [6.07, 6.45) is 1.17. The summed E-state index contributed by atoms with van der Waals surface area (Å²) in [5.41, 5.74) is 2.81. The van der Waals surface area contributed by atoms with E-state index in [4.69, 9.17) is 14.2 Å². The Morgan fingerprint density at radius 1 is 1.19 bits per heavy atom. The minimum Gasteiger partial charge on any atom is -0.494 e. The van der Waals surface area contributed by atoms with E-state index >= 15 is 0 Å². The third-order valence-corrected chi connectivity index (χ3v) is 5.93. The molecule has 2 aliphatic rings. The Morgan fingerprint density at radius 3 is 2.56 bits per heavy atom. The first-order chi connectivity index (χ1) is 15.3. The molecule has 1 heterocycles. The summed E-state index contributed by atoms with van der Waals surface area (Å²) in [6.45, 7) is 8.17. The van der Waals surface area contributed by atoms with E-state index in [1.165, 1.54) is 7.11 Å². The predicted molar refractivity (Wildman–Crippen MR) is 119 cm³/mol. The van der Waals surface area contributed by atoms with Gasteiger partial charge in [0, 0.05) is 22.5 Å². The van der Waals surface area contributed by atoms with Crippen LogP contribution in [0.25, 0.3) is 0 Å². The Bertz CT molecular complexity index is 976. The van der Waals surface area contributed by atoms with Gasteiger partial charge in [-0.15, -0.1) is 0 Å². The number of carbonyl (C=O) groups excluding carboxylic acids is 3. The number of hydrogen-bond donors (Lipinski definition) is 1. The average Bonchev–Trinajstić information content (AvgIpc) is 2.77. The van der Waals surface area contributed by atoms with Gasteiger partial charge in [0.1, 0.15) is 11.7 Å². The number of hydrogen-bond acceptors (Lipinski definition) is 7. The van der Waals surface area contributed by atoms with Crippen LogP contribution in [0, 0.1) is 11.8 Å². The summed E-state index contributed by atoms with van der Waals surface area (Å²) in [7, 11) is 1.28. The Labute approximate surface area is 188 Å². The van der Waals surface area contributed by atoms with Crippen LogP contribution in [-0.4, -0.2) is 38.0 Å². The highest BCUT2D eigenvalue weighted by atomic mass is 16.5. The maximum absolute atomic E-state index is 13.7. The predicted octanol–water partition coefficient (Wildman–Crippen LogP) is 3.65. The highest BCUT2D eigenvalue weighted by Crippen LogP contribution is 2.47. The van der Waals surface area contributed by atoms with Crippen molar-refractivity contribution in [3.05, 3.63) is 52.4 Å². The first kappa shape index (κ1) is 23.6. The lowest BCUT2D eigenvalue weighted by Crippen LogP contribution is -2.43. The standard InChI is InChI=1S/C25H31NO6/c1-6-12-32-25(29)20-15(4)26-17-13-14(3)19(24(28)30-5)23(27)22(17)21(20)16-10-8-9-11-18(16)31-7-2/h8-11,14,19,21,26H,6-7,12-13H2,1-5H3/t14-,19-,21+/m1/s1. The minimum absolute atomic E-state index is 0.231. The van der Waals surface area contributed by atoms with E-state index in [0.29, 0.717) is 47.6 Å². The number of benzene rings is 1. The Morgan fingerprint density at radius 2 is 1.91 bits per heavy atom. The fourth-order valence-electron chi connectivity index (χ4n) is 4.54. The van der Waals surface area contributed by atoms with Crippen LogP contribution in [0.5, 0.6) is 5.75 Å². The number of Topliss-reactive ketones (excluding diaryl/α,β-unsaturated/α-hetero) is 1. The van der Waals surface area contributed by atoms with Crippen LogP contribution in [0.2, 0.25) is 0 Å². The second-order valence-electron chi connectivity index (χ2n) is 8.14. The fourth-order valence-corrected chi connectivity index (χ4v) is 4.54. The lowest BCUT2D eigenvalue weighted by Gasteiger charge is -2.38. The van der Waals surface area contributed by atoms with Gasteiger partial charge in [-0.05, 0) is 38.7 Å². The SMILES string of the molecule is CCCOC(=O)C1=C(C)NC2=C(C(=O)[C@H](C(=O)OC)[C@H](C)C2)[C@H]1c1ccccc1OCC. The summed E-state index contributed by atoms with van der Waals surface area (Å²) in [5, 5.41) is 3.26. The number of para-hydroxylation sites is 1. The van der Waals surface area contributed by atoms with Crippen molar-refractivity contribution < 1.29 is 28.6 Å². The van der Waals surface area contributed by atoms with E-state index in [1.807, 2.05) is 52.0 Å². The molecule has 0 amide bonds. The number of nitrogens with one attached hydrogen (secondary N) is 1. The van der Waals surface area contributed by atoms with E-state index < -0.39 is 23.8 Å². The molecule has 172 valence electrons. The van der Waals surface area contributed by atoms with E-state index in [9.17, 15) is 14.4 Å². The second kappa shape index (κ2) is 10.0. The first-order valence-corrected chi connectivity index (χ1v) is 11.1. The average molecular weight is 442 g/mol. The number of allylic oxidation sites excluding steroid dienone is 3. The van der Waals surface area contributed by atoms with Crippen LogP contribution in [0.3, 0.4) is 0 Å². The lowest BCUT2D eigenvalue weighted by atomic mass is 9.69. The van der Waals surface area contributed by atoms with Gasteiger partial charge >= 0.3 is 11.9 Å². The molecule has 0 saturated carbocycles. The molecule has 0 saturated heterocycles. The molecule has 3 rings (SSSR count). The van der Waals surface area contributed by atoms with Crippen molar-refractivity contribution >= 4 is 17.7 Å². The van der Waals surface area contributed by atoms with Gasteiger partial charge in [0.05, 0.1) is 31.8 Å². The van der Waals surface area contributed by atoms with Crippen LogP contribution in [-0.2, 0) is 23.9 Å². The number of carbonyl (C=O) groups is 3. The highest BCUT2D eigenvalue weighted by molar-refractivity contribution is 6.12. The topological polar surface area (TPSA) is 90.9 Å². The number of methoxy groups -OCH3 is 1. The number of ether oxygens (including phenoxy) is 3. The molecule has 0 unspecified atom stereocenters. The molecule has 0 fully saturated rings. The van der Waals surface area contributed by atoms with E-state index in [-0.39, 0.29) is 18.3 Å². The second-order valence-corrected chi connectivity index (χ2v) is 8.14. The third kappa shape index (κ3) is 4.29. The quantitative estimate of drug-likeness (QED) is 0.510. The molecule has 7 nitrogen and oxygen atoms in total. The molecule has 7 heteroatoms. The maximum atomic E-state index is 13.7. The van der Waals surface area contributed by atoms with Crippen LogP contribution < -0.4 is 10.1 Å². The number of ketones is 1. The van der Waals surface area contributed by atoms with Crippen molar-refractivity contribution in [3.8, 4) is 5.75 Å². The molecule has 3 atom stereocenters. The largest absolute Gasteiger partial charge is 0.494 e. The van der Waals surface area contributed by atoms with E-state index in [1.54, 1.807) is 0 Å². The molecule has 0 aromatic heterocycles. The molecular weight excluding hydrogens is 410 g/mol. The molecule has 0 spiro atoms. The Kier molecular flexibility index (Phi) is 7.38. The zero-order valence-corrected chi connectivity index (χ0v) is 19.3. The normalized spacial score (nSPS) is 22.8. The summed E-state index contributed by atoms with van der Waals surface area (Å²) < 4.78 is 16.3. The Balaban J connectivity index is 2.21. The van der Waals surface area contributed by atoms with Crippen LogP contribution in [0.15, 0.2) is 46.8 Å². The summed E-state index contributed by atoms with van der Waals surface area (Å²) in [6, 6.07) is 7.36. The maximum Gasteiger partial charge on any atom is 0.336 e. The molecule has 1 aliphatic carbocycles. The Hall–Kier alpha value is -3.09. The fraction of sp³-hybridized carbons (Fsp3) is 0.480.